The zero-order valence-corrected chi connectivity index (χ0v) is 15.4. The predicted octanol–water partition coefficient (Wildman–Crippen LogP) is 3.01. The number of carboxylic acid groups (broad SMARTS) is 1. The molecule has 142 valence electrons. The van der Waals surface area contributed by atoms with Crippen LogP contribution >= 0.6 is 0 Å². The van der Waals surface area contributed by atoms with E-state index >= 15 is 0 Å². The monoisotopic (exact) mass is 361 g/mol. The van der Waals surface area contributed by atoms with E-state index in [1.807, 2.05) is 13.8 Å². The van der Waals surface area contributed by atoms with Crippen molar-refractivity contribution in [1.82, 2.24) is 4.90 Å². The molecule has 1 aliphatic rings. The molecular formula is C20H27NO5. The third-order valence-corrected chi connectivity index (χ3v) is 4.79. The first kappa shape index (κ1) is 19.9. The van der Waals surface area contributed by atoms with Gasteiger partial charge in [0, 0.05) is 31.5 Å². The Labute approximate surface area is 154 Å². The van der Waals surface area contributed by atoms with Crippen molar-refractivity contribution >= 4 is 17.7 Å². The van der Waals surface area contributed by atoms with Crippen LogP contribution in [0.2, 0.25) is 0 Å². The molecule has 1 saturated heterocycles. The number of carboxylic acids is 1. The number of rotatable bonds is 8. The number of piperidine rings is 1. The van der Waals surface area contributed by atoms with E-state index in [0.29, 0.717) is 31.7 Å². The number of ether oxygens (including phenoxy) is 1. The maximum atomic E-state index is 12.3. The minimum Gasteiger partial charge on any atom is -0.494 e. The van der Waals surface area contributed by atoms with Crippen LogP contribution in [0.25, 0.3) is 0 Å². The minimum atomic E-state index is -0.800. The zero-order chi connectivity index (χ0) is 19.1. The topological polar surface area (TPSA) is 83.9 Å². The number of carbonyl (C=O) groups is 3. The van der Waals surface area contributed by atoms with Crippen molar-refractivity contribution < 1.29 is 24.2 Å². The van der Waals surface area contributed by atoms with Gasteiger partial charge in [0.1, 0.15) is 5.75 Å². The molecule has 1 heterocycles. The van der Waals surface area contributed by atoms with Crippen molar-refractivity contribution in [3.8, 4) is 5.75 Å². The highest BCUT2D eigenvalue weighted by molar-refractivity contribution is 5.98. The largest absolute Gasteiger partial charge is 0.494 e. The van der Waals surface area contributed by atoms with Crippen molar-refractivity contribution in [3.05, 3.63) is 29.8 Å². The Kier molecular flexibility index (Phi) is 7.18. The van der Waals surface area contributed by atoms with Gasteiger partial charge in [0.2, 0.25) is 5.91 Å². The van der Waals surface area contributed by atoms with E-state index in [1.165, 1.54) is 0 Å². The number of nitrogens with zero attached hydrogens (tertiary/aromatic N) is 1. The summed E-state index contributed by atoms with van der Waals surface area (Å²) in [5.74, 6) is -0.697. The predicted molar refractivity (Wildman–Crippen MR) is 97.3 cm³/mol. The van der Waals surface area contributed by atoms with E-state index < -0.39 is 11.9 Å². The summed E-state index contributed by atoms with van der Waals surface area (Å²) in [4.78, 5) is 37.4. The summed E-state index contributed by atoms with van der Waals surface area (Å²) in [6, 6.07) is 6.97. The van der Waals surface area contributed by atoms with Crippen molar-refractivity contribution in [3.63, 3.8) is 0 Å². The van der Waals surface area contributed by atoms with E-state index in [4.69, 9.17) is 9.84 Å². The molecule has 0 aliphatic carbocycles. The number of aliphatic carboxylic acids is 1. The number of amides is 1. The Bertz CT molecular complexity index is 640. The van der Waals surface area contributed by atoms with E-state index in [1.54, 1.807) is 29.2 Å². The van der Waals surface area contributed by atoms with Gasteiger partial charge in [0.15, 0.2) is 5.78 Å². The Morgan fingerprint density at radius 1 is 1.19 bits per heavy atom. The number of carbonyl (C=O) groups excluding carboxylic acids is 2. The van der Waals surface area contributed by atoms with Crippen LogP contribution in [0.3, 0.4) is 0 Å². The minimum absolute atomic E-state index is 0.0726. The fraction of sp³-hybridized carbons (Fsp3) is 0.550. The van der Waals surface area contributed by atoms with Crippen LogP contribution in [0.15, 0.2) is 24.3 Å². The van der Waals surface area contributed by atoms with Crippen molar-refractivity contribution in [2.24, 2.45) is 11.8 Å². The third-order valence-electron chi connectivity index (χ3n) is 4.79. The maximum absolute atomic E-state index is 12.3. The molecule has 1 aromatic rings. The SMILES string of the molecule is CCCOc1ccc(C(=O)CCC(=O)N2CCC(C(=O)O)C(C)C2)cc1. The summed E-state index contributed by atoms with van der Waals surface area (Å²) in [6.45, 7) is 5.40. The van der Waals surface area contributed by atoms with Gasteiger partial charge in [-0.1, -0.05) is 13.8 Å². The number of likely N-dealkylation sites (tertiary alicyclic amines) is 1. The van der Waals surface area contributed by atoms with Gasteiger partial charge in [0.25, 0.3) is 0 Å². The lowest BCUT2D eigenvalue weighted by Crippen LogP contribution is -2.45. The van der Waals surface area contributed by atoms with Crippen LogP contribution in [0, 0.1) is 11.8 Å². The standard InChI is InChI=1S/C20H27NO5/c1-3-12-26-16-6-4-15(5-7-16)18(22)8-9-19(23)21-11-10-17(20(24)25)14(2)13-21/h4-7,14,17H,3,8-13H2,1-2H3,(H,24,25). The Morgan fingerprint density at radius 3 is 2.46 bits per heavy atom. The highest BCUT2D eigenvalue weighted by atomic mass is 16.5. The molecule has 2 atom stereocenters. The molecule has 2 unspecified atom stereocenters. The number of ketones is 1. The second-order valence-electron chi connectivity index (χ2n) is 6.85. The molecule has 6 nitrogen and oxygen atoms in total. The van der Waals surface area contributed by atoms with Gasteiger partial charge in [0.05, 0.1) is 12.5 Å². The van der Waals surface area contributed by atoms with Crippen LogP contribution in [-0.4, -0.2) is 47.4 Å². The lowest BCUT2D eigenvalue weighted by atomic mass is 9.87. The Balaban J connectivity index is 1.81. The highest BCUT2D eigenvalue weighted by Gasteiger charge is 2.32. The molecule has 1 amide bonds. The van der Waals surface area contributed by atoms with Gasteiger partial charge < -0.3 is 14.7 Å². The summed E-state index contributed by atoms with van der Waals surface area (Å²) in [5.41, 5.74) is 0.569. The number of hydrogen-bond acceptors (Lipinski definition) is 4. The van der Waals surface area contributed by atoms with Crippen LogP contribution in [0.4, 0.5) is 0 Å². The third kappa shape index (κ3) is 5.31. The fourth-order valence-corrected chi connectivity index (χ4v) is 3.22. The molecule has 1 aliphatic heterocycles. The van der Waals surface area contributed by atoms with Gasteiger partial charge >= 0.3 is 5.97 Å². The first-order chi connectivity index (χ1) is 12.4. The van der Waals surface area contributed by atoms with Crippen LogP contribution in [-0.2, 0) is 9.59 Å². The first-order valence-corrected chi connectivity index (χ1v) is 9.19. The van der Waals surface area contributed by atoms with E-state index in [2.05, 4.69) is 0 Å². The average molecular weight is 361 g/mol. The molecule has 0 bridgehead atoms. The van der Waals surface area contributed by atoms with Crippen LogP contribution < -0.4 is 4.74 Å². The quantitative estimate of drug-likeness (QED) is 0.720. The zero-order valence-electron chi connectivity index (χ0n) is 15.4. The van der Waals surface area contributed by atoms with E-state index in [0.717, 1.165) is 12.2 Å². The lowest BCUT2D eigenvalue weighted by molar-refractivity contribution is -0.148. The number of Topliss-reactive ketones (excluding diaryl/α,β-unsaturated/α-hetero) is 1. The second kappa shape index (κ2) is 9.36. The Morgan fingerprint density at radius 2 is 1.88 bits per heavy atom. The molecular weight excluding hydrogens is 334 g/mol. The molecule has 6 heteroatoms. The maximum Gasteiger partial charge on any atom is 0.306 e. The Hall–Kier alpha value is -2.37. The second-order valence-corrected chi connectivity index (χ2v) is 6.85. The molecule has 0 saturated carbocycles. The summed E-state index contributed by atoms with van der Waals surface area (Å²) < 4.78 is 5.49. The summed E-state index contributed by atoms with van der Waals surface area (Å²) in [7, 11) is 0. The van der Waals surface area contributed by atoms with Crippen LogP contribution in [0.5, 0.6) is 5.75 Å². The molecule has 0 radical (unpaired) electrons. The van der Waals surface area contributed by atoms with Gasteiger partial charge in [-0.25, -0.2) is 0 Å². The van der Waals surface area contributed by atoms with Gasteiger partial charge in [-0.05, 0) is 43.0 Å². The number of hydrogen-bond donors (Lipinski definition) is 1. The molecule has 0 spiro atoms. The fourth-order valence-electron chi connectivity index (χ4n) is 3.22. The molecule has 1 aromatic carbocycles. The van der Waals surface area contributed by atoms with E-state index in [-0.39, 0.29) is 30.4 Å². The van der Waals surface area contributed by atoms with Gasteiger partial charge in [-0.15, -0.1) is 0 Å². The summed E-state index contributed by atoms with van der Waals surface area (Å²) in [6.07, 6.45) is 1.69. The summed E-state index contributed by atoms with van der Waals surface area (Å²) >= 11 is 0. The highest BCUT2D eigenvalue weighted by Crippen LogP contribution is 2.24. The van der Waals surface area contributed by atoms with Crippen molar-refractivity contribution in [1.29, 1.82) is 0 Å². The van der Waals surface area contributed by atoms with E-state index in [9.17, 15) is 14.4 Å². The molecule has 0 aromatic heterocycles. The van der Waals surface area contributed by atoms with Crippen molar-refractivity contribution in [2.45, 2.75) is 39.5 Å². The number of benzene rings is 1. The first-order valence-electron chi connectivity index (χ1n) is 9.19. The normalized spacial score (nSPS) is 19.8. The smallest absolute Gasteiger partial charge is 0.306 e. The summed E-state index contributed by atoms with van der Waals surface area (Å²) in [5, 5.41) is 9.15. The van der Waals surface area contributed by atoms with Gasteiger partial charge in [-0.3, -0.25) is 14.4 Å². The molecule has 26 heavy (non-hydrogen) atoms. The van der Waals surface area contributed by atoms with Crippen LogP contribution in [0.1, 0.15) is 49.9 Å². The van der Waals surface area contributed by atoms with Gasteiger partial charge in [-0.2, -0.15) is 0 Å². The lowest BCUT2D eigenvalue weighted by Gasteiger charge is -2.35. The average Bonchev–Trinajstić information content (AvgIpc) is 2.64. The molecule has 1 N–H and O–H groups in total. The molecule has 1 fully saturated rings. The van der Waals surface area contributed by atoms with Crippen molar-refractivity contribution in [2.75, 3.05) is 19.7 Å². The molecule has 2 rings (SSSR count).